The molecule has 1 aliphatic carbocycles. The van der Waals surface area contributed by atoms with E-state index in [9.17, 15) is 5.11 Å². The van der Waals surface area contributed by atoms with Crippen molar-refractivity contribution in [3.63, 3.8) is 0 Å². The van der Waals surface area contributed by atoms with Gasteiger partial charge in [-0.05, 0) is 40.9 Å². The van der Waals surface area contributed by atoms with E-state index in [0.717, 1.165) is 15.8 Å². The molecule has 0 radical (unpaired) electrons. The summed E-state index contributed by atoms with van der Waals surface area (Å²) in [5, 5.41) is 9.32. The van der Waals surface area contributed by atoms with Crippen molar-refractivity contribution < 1.29 is 5.11 Å². The van der Waals surface area contributed by atoms with Gasteiger partial charge in [-0.2, -0.15) is 0 Å². The molecule has 2 aromatic rings. The zero-order chi connectivity index (χ0) is 9.71. The van der Waals surface area contributed by atoms with Gasteiger partial charge in [0.1, 0.15) is 5.75 Å². The molecular formula is C10H9BrN2O. The highest BCUT2D eigenvalue weighted by atomic mass is 79.9. The van der Waals surface area contributed by atoms with Crippen molar-refractivity contribution >= 4 is 27.0 Å². The smallest absolute Gasteiger partial charge is 0.178 e. The van der Waals surface area contributed by atoms with Gasteiger partial charge >= 0.3 is 0 Å². The summed E-state index contributed by atoms with van der Waals surface area (Å²) < 4.78 is 3.05. The summed E-state index contributed by atoms with van der Waals surface area (Å²) in [7, 11) is 0. The van der Waals surface area contributed by atoms with Crippen LogP contribution in [0.15, 0.2) is 22.9 Å². The third-order valence-corrected chi connectivity index (χ3v) is 3.10. The highest BCUT2D eigenvalue weighted by Gasteiger charge is 2.27. The Labute approximate surface area is 89.5 Å². The summed E-state index contributed by atoms with van der Waals surface area (Å²) in [6.45, 7) is 0. The summed E-state index contributed by atoms with van der Waals surface area (Å²) in [6, 6.07) is 5.91. The molecule has 4 heteroatoms. The first-order chi connectivity index (χ1) is 6.75. The Bertz CT molecular complexity index is 502. The quantitative estimate of drug-likeness (QED) is 0.848. The predicted molar refractivity (Wildman–Crippen MR) is 57.4 cm³/mol. The predicted octanol–water partition coefficient (Wildman–Crippen LogP) is 2.84. The number of nitrogens with zero attached hydrogens (tertiary/aromatic N) is 2. The molecule has 1 fully saturated rings. The lowest BCUT2D eigenvalue weighted by Crippen LogP contribution is -1.92. The third-order valence-electron chi connectivity index (χ3n) is 2.54. The number of hydrogen-bond acceptors (Lipinski definition) is 2. The highest BCUT2D eigenvalue weighted by molar-refractivity contribution is 9.10. The maximum atomic E-state index is 9.32. The molecule has 0 aliphatic heterocycles. The fraction of sp³-hybridized carbons (Fsp3) is 0.300. The summed E-state index contributed by atoms with van der Waals surface area (Å²) in [6.07, 6.45) is 2.45. The lowest BCUT2D eigenvalue weighted by Gasteiger charge is -2.01. The number of phenolic OH excluding ortho intramolecular Hbond substituents is 1. The zero-order valence-electron chi connectivity index (χ0n) is 7.44. The van der Waals surface area contributed by atoms with Gasteiger partial charge in [0, 0.05) is 12.1 Å². The number of fused-ring (bicyclic) bond motifs is 1. The molecule has 1 N–H and O–H groups in total. The van der Waals surface area contributed by atoms with Gasteiger partial charge in [-0.3, -0.25) is 0 Å². The van der Waals surface area contributed by atoms with E-state index in [4.69, 9.17) is 0 Å². The minimum Gasteiger partial charge on any atom is -0.508 e. The molecule has 1 aliphatic rings. The van der Waals surface area contributed by atoms with E-state index in [0.29, 0.717) is 6.04 Å². The Morgan fingerprint density at radius 1 is 1.43 bits per heavy atom. The summed E-state index contributed by atoms with van der Waals surface area (Å²) in [5.41, 5.74) is 1.95. The SMILES string of the molecule is Oc1ccc2c(c1)nc(Br)n2C1CC1. The number of hydrogen-bond donors (Lipinski definition) is 1. The minimum atomic E-state index is 0.269. The zero-order valence-corrected chi connectivity index (χ0v) is 9.03. The summed E-state index contributed by atoms with van der Waals surface area (Å²) >= 11 is 3.44. The second-order valence-electron chi connectivity index (χ2n) is 3.66. The van der Waals surface area contributed by atoms with Gasteiger partial charge in [-0.15, -0.1) is 0 Å². The van der Waals surface area contributed by atoms with Crippen LogP contribution < -0.4 is 0 Å². The molecular weight excluding hydrogens is 244 g/mol. The van der Waals surface area contributed by atoms with Crippen LogP contribution in [0, 0.1) is 0 Å². The Morgan fingerprint density at radius 3 is 2.93 bits per heavy atom. The van der Waals surface area contributed by atoms with Crippen molar-refractivity contribution in [3.05, 3.63) is 22.9 Å². The molecule has 0 atom stereocenters. The third kappa shape index (κ3) is 1.14. The van der Waals surface area contributed by atoms with Crippen LogP contribution in [0.2, 0.25) is 0 Å². The molecule has 0 saturated heterocycles. The Hall–Kier alpha value is -1.03. The van der Waals surface area contributed by atoms with E-state index in [1.165, 1.54) is 12.8 Å². The molecule has 1 aromatic heterocycles. The minimum absolute atomic E-state index is 0.269. The topological polar surface area (TPSA) is 38.1 Å². The molecule has 0 amide bonds. The molecule has 3 rings (SSSR count). The molecule has 0 spiro atoms. The second kappa shape index (κ2) is 2.73. The maximum absolute atomic E-state index is 9.32. The normalized spacial score (nSPS) is 16.4. The van der Waals surface area contributed by atoms with E-state index in [1.807, 2.05) is 6.07 Å². The van der Waals surface area contributed by atoms with Gasteiger partial charge in [0.2, 0.25) is 0 Å². The van der Waals surface area contributed by atoms with Crippen LogP contribution in [-0.2, 0) is 0 Å². The molecule has 1 aromatic carbocycles. The first kappa shape index (κ1) is 8.29. The fourth-order valence-electron chi connectivity index (χ4n) is 1.74. The standard InChI is InChI=1S/C10H9BrN2O/c11-10-12-8-5-7(14)3-4-9(8)13(10)6-1-2-6/h3-6,14H,1-2H2. The van der Waals surface area contributed by atoms with Crippen LogP contribution in [-0.4, -0.2) is 14.7 Å². The first-order valence-corrected chi connectivity index (χ1v) is 5.41. The van der Waals surface area contributed by atoms with E-state index < -0.39 is 0 Å². The fourth-order valence-corrected chi connectivity index (χ4v) is 2.41. The summed E-state index contributed by atoms with van der Waals surface area (Å²) in [5.74, 6) is 0.269. The molecule has 14 heavy (non-hydrogen) atoms. The van der Waals surface area contributed by atoms with Crippen molar-refractivity contribution in [2.24, 2.45) is 0 Å². The van der Waals surface area contributed by atoms with Crippen molar-refractivity contribution in [2.45, 2.75) is 18.9 Å². The van der Waals surface area contributed by atoms with Crippen molar-refractivity contribution in [1.29, 1.82) is 0 Å². The van der Waals surface area contributed by atoms with E-state index in [1.54, 1.807) is 12.1 Å². The largest absolute Gasteiger partial charge is 0.508 e. The molecule has 1 saturated carbocycles. The molecule has 0 bridgehead atoms. The Morgan fingerprint density at radius 2 is 2.21 bits per heavy atom. The van der Waals surface area contributed by atoms with Crippen LogP contribution in [0.25, 0.3) is 11.0 Å². The van der Waals surface area contributed by atoms with Crippen LogP contribution >= 0.6 is 15.9 Å². The van der Waals surface area contributed by atoms with Crippen molar-refractivity contribution in [1.82, 2.24) is 9.55 Å². The Balaban J connectivity index is 2.32. The van der Waals surface area contributed by atoms with Gasteiger partial charge in [-0.1, -0.05) is 0 Å². The average Bonchev–Trinajstić information content (AvgIpc) is 2.89. The van der Waals surface area contributed by atoms with E-state index >= 15 is 0 Å². The number of benzene rings is 1. The molecule has 0 unspecified atom stereocenters. The average molecular weight is 253 g/mol. The second-order valence-corrected chi connectivity index (χ2v) is 4.36. The number of aromatic hydroxyl groups is 1. The van der Waals surface area contributed by atoms with Crippen LogP contribution in [0.3, 0.4) is 0 Å². The number of halogens is 1. The molecule has 72 valence electrons. The van der Waals surface area contributed by atoms with Crippen molar-refractivity contribution in [2.75, 3.05) is 0 Å². The lowest BCUT2D eigenvalue weighted by atomic mass is 10.3. The number of imidazole rings is 1. The van der Waals surface area contributed by atoms with Crippen LogP contribution in [0.5, 0.6) is 5.75 Å². The van der Waals surface area contributed by atoms with Gasteiger partial charge in [0.05, 0.1) is 11.0 Å². The maximum Gasteiger partial charge on any atom is 0.178 e. The highest BCUT2D eigenvalue weighted by Crippen LogP contribution is 2.40. The first-order valence-electron chi connectivity index (χ1n) is 4.62. The molecule has 1 heterocycles. The number of phenols is 1. The molecule has 3 nitrogen and oxygen atoms in total. The number of rotatable bonds is 1. The van der Waals surface area contributed by atoms with E-state index in [-0.39, 0.29) is 5.75 Å². The summed E-state index contributed by atoms with van der Waals surface area (Å²) in [4.78, 5) is 4.35. The van der Waals surface area contributed by atoms with Gasteiger partial charge < -0.3 is 9.67 Å². The van der Waals surface area contributed by atoms with Gasteiger partial charge in [0.15, 0.2) is 4.73 Å². The van der Waals surface area contributed by atoms with Crippen molar-refractivity contribution in [3.8, 4) is 5.75 Å². The number of aromatic nitrogens is 2. The van der Waals surface area contributed by atoms with Gasteiger partial charge in [0.25, 0.3) is 0 Å². The monoisotopic (exact) mass is 252 g/mol. The Kier molecular flexibility index (Phi) is 1.62. The van der Waals surface area contributed by atoms with E-state index in [2.05, 4.69) is 25.5 Å². The van der Waals surface area contributed by atoms with Crippen LogP contribution in [0.4, 0.5) is 0 Å². The van der Waals surface area contributed by atoms with Crippen LogP contribution in [0.1, 0.15) is 18.9 Å². The lowest BCUT2D eigenvalue weighted by molar-refractivity contribution is 0.476. The van der Waals surface area contributed by atoms with Gasteiger partial charge in [-0.25, -0.2) is 4.98 Å².